The molecule has 0 atom stereocenters. The van der Waals surface area contributed by atoms with E-state index in [1.54, 1.807) is 7.11 Å². The lowest BCUT2D eigenvalue weighted by atomic mass is 10.0. The van der Waals surface area contributed by atoms with Crippen molar-refractivity contribution in [3.05, 3.63) is 53.6 Å². The zero-order valence-electron chi connectivity index (χ0n) is 10.8. The summed E-state index contributed by atoms with van der Waals surface area (Å²) in [4.78, 5) is 0. The fourth-order valence-electron chi connectivity index (χ4n) is 2.03. The zero-order chi connectivity index (χ0) is 13.0. The van der Waals surface area contributed by atoms with Crippen molar-refractivity contribution in [1.29, 1.82) is 0 Å². The molecule has 2 aromatic carbocycles. The van der Waals surface area contributed by atoms with Crippen molar-refractivity contribution in [3.8, 4) is 16.9 Å². The third-order valence-corrected chi connectivity index (χ3v) is 3.02. The van der Waals surface area contributed by atoms with Gasteiger partial charge in [0.15, 0.2) is 0 Å². The lowest BCUT2D eigenvalue weighted by Crippen LogP contribution is -1.91. The van der Waals surface area contributed by atoms with Crippen LogP contribution in [-0.2, 0) is 6.42 Å². The summed E-state index contributed by atoms with van der Waals surface area (Å²) >= 11 is 0. The zero-order valence-corrected chi connectivity index (χ0v) is 10.8. The molecule has 18 heavy (non-hydrogen) atoms. The standard InChI is InChI=1S/C16H18O2/c1-12-3-8-16(18-2)15(11-12)14-6-4-13(5-7-14)9-10-17/h3-8,11,17H,9-10H2,1-2H3. The fourth-order valence-corrected chi connectivity index (χ4v) is 2.03. The molecule has 0 aliphatic carbocycles. The van der Waals surface area contributed by atoms with Crippen LogP contribution in [0.3, 0.4) is 0 Å². The first-order valence-corrected chi connectivity index (χ1v) is 6.09. The van der Waals surface area contributed by atoms with Crippen LogP contribution in [-0.4, -0.2) is 18.8 Å². The van der Waals surface area contributed by atoms with Crippen LogP contribution in [0.1, 0.15) is 11.1 Å². The Hall–Kier alpha value is -1.80. The van der Waals surface area contributed by atoms with Crippen LogP contribution in [0.4, 0.5) is 0 Å². The number of aliphatic hydroxyl groups excluding tert-OH is 1. The Bertz CT molecular complexity index is 515. The van der Waals surface area contributed by atoms with E-state index >= 15 is 0 Å². The molecule has 2 heteroatoms. The Morgan fingerprint density at radius 2 is 1.78 bits per heavy atom. The Morgan fingerprint density at radius 3 is 2.39 bits per heavy atom. The van der Waals surface area contributed by atoms with Crippen molar-refractivity contribution in [1.82, 2.24) is 0 Å². The summed E-state index contributed by atoms with van der Waals surface area (Å²) in [6.07, 6.45) is 0.700. The summed E-state index contributed by atoms with van der Waals surface area (Å²) in [6, 6.07) is 14.4. The van der Waals surface area contributed by atoms with Crippen LogP contribution in [0, 0.1) is 6.92 Å². The van der Waals surface area contributed by atoms with Crippen LogP contribution >= 0.6 is 0 Å². The third-order valence-electron chi connectivity index (χ3n) is 3.02. The predicted molar refractivity (Wildman–Crippen MR) is 74.0 cm³/mol. The number of aryl methyl sites for hydroxylation is 1. The summed E-state index contributed by atoms with van der Waals surface area (Å²) in [7, 11) is 1.69. The van der Waals surface area contributed by atoms with E-state index in [9.17, 15) is 0 Å². The Kier molecular flexibility index (Phi) is 4.00. The van der Waals surface area contributed by atoms with Gasteiger partial charge in [0.1, 0.15) is 5.75 Å². The van der Waals surface area contributed by atoms with Gasteiger partial charge in [-0.3, -0.25) is 0 Å². The molecule has 0 fully saturated rings. The van der Waals surface area contributed by atoms with Crippen molar-refractivity contribution in [2.45, 2.75) is 13.3 Å². The molecule has 2 aromatic rings. The molecular formula is C16H18O2. The van der Waals surface area contributed by atoms with Gasteiger partial charge in [0.05, 0.1) is 7.11 Å². The minimum Gasteiger partial charge on any atom is -0.496 e. The molecule has 0 aliphatic rings. The second-order valence-electron chi connectivity index (χ2n) is 4.37. The maximum Gasteiger partial charge on any atom is 0.126 e. The minimum atomic E-state index is 0.188. The third kappa shape index (κ3) is 2.71. The average Bonchev–Trinajstić information content (AvgIpc) is 2.40. The maximum atomic E-state index is 8.90. The molecular weight excluding hydrogens is 224 g/mol. The van der Waals surface area contributed by atoms with E-state index in [2.05, 4.69) is 25.1 Å². The van der Waals surface area contributed by atoms with Gasteiger partial charge in [-0.15, -0.1) is 0 Å². The van der Waals surface area contributed by atoms with Gasteiger partial charge in [-0.1, -0.05) is 35.9 Å². The Labute approximate surface area is 108 Å². The van der Waals surface area contributed by atoms with Gasteiger partial charge in [-0.25, -0.2) is 0 Å². The van der Waals surface area contributed by atoms with Gasteiger partial charge in [-0.05, 0) is 36.6 Å². The molecule has 0 heterocycles. The van der Waals surface area contributed by atoms with Crippen LogP contribution in [0.15, 0.2) is 42.5 Å². The molecule has 0 amide bonds. The van der Waals surface area contributed by atoms with Crippen molar-refractivity contribution in [2.75, 3.05) is 13.7 Å². The molecule has 0 aliphatic heterocycles. The molecule has 2 nitrogen and oxygen atoms in total. The number of benzene rings is 2. The number of hydrogen-bond donors (Lipinski definition) is 1. The summed E-state index contributed by atoms with van der Waals surface area (Å²) in [5, 5.41) is 8.90. The monoisotopic (exact) mass is 242 g/mol. The number of rotatable bonds is 4. The highest BCUT2D eigenvalue weighted by molar-refractivity contribution is 5.71. The van der Waals surface area contributed by atoms with E-state index in [4.69, 9.17) is 9.84 Å². The highest BCUT2D eigenvalue weighted by Crippen LogP contribution is 2.30. The molecule has 2 rings (SSSR count). The second-order valence-corrected chi connectivity index (χ2v) is 4.37. The molecule has 0 radical (unpaired) electrons. The van der Waals surface area contributed by atoms with Crippen LogP contribution in [0.25, 0.3) is 11.1 Å². The van der Waals surface area contributed by atoms with Crippen molar-refractivity contribution in [2.24, 2.45) is 0 Å². The molecule has 94 valence electrons. The predicted octanol–water partition coefficient (Wildman–Crippen LogP) is 3.21. The number of methoxy groups -OCH3 is 1. The van der Waals surface area contributed by atoms with Crippen molar-refractivity contribution in [3.63, 3.8) is 0 Å². The van der Waals surface area contributed by atoms with E-state index in [-0.39, 0.29) is 6.61 Å². The molecule has 0 aromatic heterocycles. The van der Waals surface area contributed by atoms with Gasteiger partial charge >= 0.3 is 0 Å². The topological polar surface area (TPSA) is 29.5 Å². The highest BCUT2D eigenvalue weighted by atomic mass is 16.5. The smallest absolute Gasteiger partial charge is 0.126 e. The van der Waals surface area contributed by atoms with Crippen molar-refractivity contribution >= 4 is 0 Å². The van der Waals surface area contributed by atoms with Gasteiger partial charge in [-0.2, -0.15) is 0 Å². The summed E-state index contributed by atoms with van der Waals surface area (Å²) in [5.74, 6) is 0.885. The quantitative estimate of drug-likeness (QED) is 0.892. The van der Waals surface area contributed by atoms with E-state index < -0.39 is 0 Å². The normalized spacial score (nSPS) is 10.4. The first kappa shape index (κ1) is 12.7. The van der Waals surface area contributed by atoms with E-state index in [0.717, 1.165) is 22.4 Å². The van der Waals surface area contributed by atoms with E-state index in [1.165, 1.54) is 5.56 Å². The highest BCUT2D eigenvalue weighted by Gasteiger charge is 2.05. The lowest BCUT2D eigenvalue weighted by molar-refractivity contribution is 0.299. The number of ether oxygens (including phenoxy) is 1. The molecule has 0 saturated heterocycles. The summed E-state index contributed by atoms with van der Waals surface area (Å²) in [5.41, 5.74) is 4.60. The fraction of sp³-hybridized carbons (Fsp3) is 0.250. The van der Waals surface area contributed by atoms with Gasteiger partial charge in [0.2, 0.25) is 0 Å². The summed E-state index contributed by atoms with van der Waals surface area (Å²) in [6.45, 7) is 2.26. The first-order chi connectivity index (χ1) is 8.74. The first-order valence-electron chi connectivity index (χ1n) is 6.09. The van der Waals surface area contributed by atoms with E-state index in [0.29, 0.717) is 6.42 Å². The maximum absolute atomic E-state index is 8.90. The number of aliphatic hydroxyl groups is 1. The minimum absolute atomic E-state index is 0.188. The SMILES string of the molecule is COc1ccc(C)cc1-c1ccc(CCO)cc1. The Balaban J connectivity index is 2.38. The van der Waals surface area contributed by atoms with Gasteiger partial charge < -0.3 is 9.84 Å². The Morgan fingerprint density at radius 1 is 1.06 bits per heavy atom. The number of hydrogen-bond acceptors (Lipinski definition) is 2. The van der Waals surface area contributed by atoms with Crippen molar-refractivity contribution < 1.29 is 9.84 Å². The molecule has 0 saturated carbocycles. The van der Waals surface area contributed by atoms with Gasteiger partial charge in [0, 0.05) is 12.2 Å². The summed E-state index contributed by atoms with van der Waals surface area (Å²) < 4.78 is 5.39. The molecule has 0 unspecified atom stereocenters. The van der Waals surface area contributed by atoms with Crippen LogP contribution in [0.5, 0.6) is 5.75 Å². The van der Waals surface area contributed by atoms with Crippen LogP contribution < -0.4 is 4.74 Å². The molecule has 1 N–H and O–H groups in total. The second kappa shape index (κ2) is 5.69. The van der Waals surface area contributed by atoms with Crippen LogP contribution in [0.2, 0.25) is 0 Å². The molecule has 0 bridgehead atoms. The molecule has 0 spiro atoms. The lowest BCUT2D eigenvalue weighted by Gasteiger charge is -2.10. The van der Waals surface area contributed by atoms with E-state index in [1.807, 2.05) is 24.3 Å². The largest absolute Gasteiger partial charge is 0.496 e. The van der Waals surface area contributed by atoms with Gasteiger partial charge in [0.25, 0.3) is 0 Å². The average molecular weight is 242 g/mol.